The molecule has 2 atom stereocenters. The van der Waals surface area contributed by atoms with Crippen LogP contribution in [-0.2, 0) is 11.3 Å². The average molecular weight is 302 g/mol. The molecule has 0 saturated heterocycles. The summed E-state index contributed by atoms with van der Waals surface area (Å²) < 4.78 is 0.791. The molecule has 0 spiro atoms. The van der Waals surface area contributed by atoms with Crippen LogP contribution in [-0.4, -0.2) is 29.1 Å². The van der Waals surface area contributed by atoms with Gasteiger partial charge in [0.15, 0.2) is 0 Å². The Kier molecular flexibility index (Phi) is 5.25. The Morgan fingerprint density at radius 2 is 2.16 bits per heavy atom. The quantitative estimate of drug-likeness (QED) is 0.858. The summed E-state index contributed by atoms with van der Waals surface area (Å²) >= 11 is 7.51. The molecule has 1 aromatic rings. The highest BCUT2D eigenvalue weighted by molar-refractivity contribution is 7.16. The molecule has 2 rings (SSSR count). The SMILES string of the molecule is CN(Cc1ccc(Cl)s1)C1CCCCCC1C(=O)O. The Morgan fingerprint density at radius 1 is 1.42 bits per heavy atom. The minimum absolute atomic E-state index is 0.140. The molecule has 1 fully saturated rings. The molecule has 1 aromatic heterocycles. The smallest absolute Gasteiger partial charge is 0.308 e. The Hall–Kier alpha value is -0.580. The molecular formula is C14H20ClNO2S. The fourth-order valence-electron chi connectivity index (χ4n) is 2.90. The molecule has 1 aliphatic carbocycles. The molecule has 0 aromatic carbocycles. The first kappa shape index (κ1) is 14.8. The fraction of sp³-hybridized carbons (Fsp3) is 0.643. The molecule has 2 unspecified atom stereocenters. The number of carboxylic acids is 1. The fourth-order valence-corrected chi connectivity index (χ4v) is 4.05. The summed E-state index contributed by atoms with van der Waals surface area (Å²) in [5.74, 6) is -0.883. The van der Waals surface area contributed by atoms with Crippen LogP contribution in [0.1, 0.15) is 37.0 Å². The van der Waals surface area contributed by atoms with E-state index in [1.54, 1.807) is 11.3 Å². The summed E-state index contributed by atoms with van der Waals surface area (Å²) in [5, 5.41) is 9.41. The van der Waals surface area contributed by atoms with E-state index >= 15 is 0 Å². The maximum Gasteiger partial charge on any atom is 0.308 e. The van der Waals surface area contributed by atoms with Gasteiger partial charge in [0.25, 0.3) is 0 Å². The average Bonchev–Trinajstić information content (AvgIpc) is 2.65. The summed E-state index contributed by atoms with van der Waals surface area (Å²) in [6.07, 6.45) is 5.09. The van der Waals surface area contributed by atoms with E-state index in [9.17, 15) is 9.90 Å². The van der Waals surface area contributed by atoms with Gasteiger partial charge in [-0.3, -0.25) is 9.69 Å². The summed E-state index contributed by atoms with van der Waals surface area (Å²) in [4.78, 5) is 14.8. The van der Waals surface area contributed by atoms with Crippen molar-refractivity contribution in [1.82, 2.24) is 4.90 Å². The minimum Gasteiger partial charge on any atom is -0.481 e. The van der Waals surface area contributed by atoms with Crippen molar-refractivity contribution in [3.05, 3.63) is 21.3 Å². The van der Waals surface area contributed by atoms with Crippen LogP contribution in [0.25, 0.3) is 0 Å². The van der Waals surface area contributed by atoms with Crippen molar-refractivity contribution in [3.8, 4) is 0 Å². The lowest BCUT2D eigenvalue weighted by Gasteiger charge is -2.31. The first-order valence-corrected chi connectivity index (χ1v) is 7.94. The van der Waals surface area contributed by atoms with Crippen LogP contribution < -0.4 is 0 Å². The number of halogens is 1. The molecule has 0 radical (unpaired) electrons. The van der Waals surface area contributed by atoms with Crippen LogP contribution in [0.5, 0.6) is 0 Å². The molecule has 1 N–H and O–H groups in total. The third-order valence-electron chi connectivity index (χ3n) is 3.90. The van der Waals surface area contributed by atoms with Gasteiger partial charge in [-0.25, -0.2) is 0 Å². The van der Waals surface area contributed by atoms with Gasteiger partial charge in [0.1, 0.15) is 0 Å². The Balaban J connectivity index is 2.05. The van der Waals surface area contributed by atoms with Crippen LogP contribution >= 0.6 is 22.9 Å². The largest absolute Gasteiger partial charge is 0.481 e. The van der Waals surface area contributed by atoms with Crippen molar-refractivity contribution in [1.29, 1.82) is 0 Å². The van der Waals surface area contributed by atoms with Crippen molar-refractivity contribution in [2.45, 2.75) is 44.7 Å². The van der Waals surface area contributed by atoms with E-state index in [1.165, 1.54) is 4.88 Å². The van der Waals surface area contributed by atoms with E-state index in [2.05, 4.69) is 4.90 Å². The summed E-state index contributed by atoms with van der Waals surface area (Å²) in [5.41, 5.74) is 0. The van der Waals surface area contributed by atoms with E-state index in [1.807, 2.05) is 19.2 Å². The van der Waals surface area contributed by atoms with Gasteiger partial charge in [-0.1, -0.05) is 30.9 Å². The van der Waals surface area contributed by atoms with Crippen molar-refractivity contribution in [2.24, 2.45) is 5.92 Å². The lowest BCUT2D eigenvalue weighted by atomic mass is 9.93. The number of rotatable bonds is 4. The molecule has 0 aliphatic heterocycles. The first-order chi connectivity index (χ1) is 9.08. The minimum atomic E-state index is -0.650. The molecule has 5 heteroatoms. The standard InChI is InChI=1S/C14H20ClNO2S/c1-16(9-10-7-8-13(15)19-10)12-6-4-2-3-5-11(12)14(17)18/h7-8,11-12H,2-6,9H2,1H3,(H,17,18). The summed E-state index contributed by atoms with van der Waals surface area (Å²) in [6.45, 7) is 0.784. The van der Waals surface area contributed by atoms with Crippen LogP contribution in [0.4, 0.5) is 0 Å². The predicted octanol–water partition coefficient (Wildman–Crippen LogP) is 3.87. The zero-order chi connectivity index (χ0) is 13.8. The summed E-state index contributed by atoms with van der Waals surface area (Å²) in [7, 11) is 2.03. The zero-order valence-corrected chi connectivity index (χ0v) is 12.7. The maximum absolute atomic E-state index is 11.4. The molecule has 19 heavy (non-hydrogen) atoms. The zero-order valence-electron chi connectivity index (χ0n) is 11.1. The van der Waals surface area contributed by atoms with Crippen molar-refractivity contribution < 1.29 is 9.90 Å². The number of carboxylic acid groups (broad SMARTS) is 1. The topological polar surface area (TPSA) is 40.5 Å². The second-order valence-corrected chi connectivity index (χ2v) is 7.07. The maximum atomic E-state index is 11.4. The van der Waals surface area contributed by atoms with Gasteiger partial charge in [-0.2, -0.15) is 0 Å². The molecular weight excluding hydrogens is 282 g/mol. The number of hydrogen-bond donors (Lipinski definition) is 1. The first-order valence-electron chi connectivity index (χ1n) is 6.75. The van der Waals surface area contributed by atoms with Gasteiger partial charge in [0, 0.05) is 17.5 Å². The molecule has 3 nitrogen and oxygen atoms in total. The van der Waals surface area contributed by atoms with Crippen molar-refractivity contribution >= 4 is 28.9 Å². The van der Waals surface area contributed by atoms with Gasteiger partial charge < -0.3 is 5.11 Å². The van der Waals surface area contributed by atoms with Crippen molar-refractivity contribution in [3.63, 3.8) is 0 Å². The second kappa shape index (κ2) is 6.73. The monoisotopic (exact) mass is 301 g/mol. The number of thiophene rings is 1. The van der Waals surface area contributed by atoms with Crippen LogP contribution in [0.15, 0.2) is 12.1 Å². The van der Waals surface area contributed by atoms with Gasteiger partial charge >= 0.3 is 5.97 Å². The predicted molar refractivity (Wildman–Crippen MR) is 78.8 cm³/mol. The van der Waals surface area contributed by atoms with Crippen LogP contribution in [0, 0.1) is 5.92 Å². The number of carbonyl (C=O) groups is 1. The Morgan fingerprint density at radius 3 is 2.79 bits per heavy atom. The van der Waals surface area contributed by atoms with E-state index < -0.39 is 5.97 Å². The van der Waals surface area contributed by atoms with Gasteiger partial charge in [-0.05, 0) is 32.0 Å². The molecule has 1 aliphatic rings. The normalized spacial score (nSPS) is 24.4. The second-order valence-electron chi connectivity index (χ2n) is 5.27. The van der Waals surface area contributed by atoms with Crippen molar-refractivity contribution in [2.75, 3.05) is 7.05 Å². The third-order valence-corrected chi connectivity index (χ3v) is 5.11. The third kappa shape index (κ3) is 3.94. The summed E-state index contributed by atoms with van der Waals surface area (Å²) in [6, 6.07) is 4.06. The Bertz CT molecular complexity index is 435. The number of aliphatic carboxylic acids is 1. The lowest BCUT2D eigenvalue weighted by Crippen LogP contribution is -2.40. The highest BCUT2D eigenvalue weighted by Gasteiger charge is 2.32. The van der Waals surface area contributed by atoms with E-state index in [0.29, 0.717) is 0 Å². The van der Waals surface area contributed by atoms with Crippen LogP contribution in [0.3, 0.4) is 0 Å². The van der Waals surface area contributed by atoms with E-state index in [4.69, 9.17) is 11.6 Å². The highest BCUT2D eigenvalue weighted by atomic mass is 35.5. The molecule has 1 saturated carbocycles. The number of hydrogen-bond acceptors (Lipinski definition) is 3. The molecule has 0 amide bonds. The van der Waals surface area contributed by atoms with Gasteiger partial charge in [-0.15, -0.1) is 11.3 Å². The van der Waals surface area contributed by atoms with Gasteiger partial charge in [0.05, 0.1) is 10.3 Å². The lowest BCUT2D eigenvalue weighted by molar-refractivity contribution is -0.144. The molecule has 106 valence electrons. The van der Waals surface area contributed by atoms with E-state index in [0.717, 1.165) is 43.0 Å². The van der Waals surface area contributed by atoms with E-state index in [-0.39, 0.29) is 12.0 Å². The highest BCUT2D eigenvalue weighted by Crippen LogP contribution is 2.29. The molecule has 0 bridgehead atoms. The number of nitrogens with zero attached hydrogens (tertiary/aromatic N) is 1. The van der Waals surface area contributed by atoms with Crippen LogP contribution in [0.2, 0.25) is 4.34 Å². The Labute approximate surface area is 123 Å². The van der Waals surface area contributed by atoms with Gasteiger partial charge in [0.2, 0.25) is 0 Å². The molecule has 1 heterocycles.